The van der Waals surface area contributed by atoms with E-state index in [1.54, 1.807) is 17.8 Å². The zero-order valence-corrected chi connectivity index (χ0v) is 11.0. The quantitative estimate of drug-likeness (QED) is 0.818. The van der Waals surface area contributed by atoms with Crippen molar-refractivity contribution >= 4 is 23.5 Å². The van der Waals surface area contributed by atoms with Crippen molar-refractivity contribution in [2.45, 2.75) is 26.0 Å². The summed E-state index contributed by atoms with van der Waals surface area (Å²) in [6.45, 7) is 5.87. The lowest BCUT2D eigenvalue weighted by Gasteiger charge is -2.07. The van der Waals surface area contributed by atoms with Crippen LogP contribution in [0.3, 0.4) is 0 Å². The molecule has 0 spiro atoms. The van der Waals surface area contributed by atoms with E-state index in [0.29, 0.717) is 16.6 Å². The smallest absolute Gasteiger partial charge is 0.335 e. The van der Waals surface area contributed by atoms with Gasteiger partial charge in [0, 0.05) is 5.56 Å². The molecule has 1 aromatic carbocycles. The molecule has 0 aliphatic heterocycles. The molecule has 0 bridgehead atoms. The lowest BCUT2D eigenvalue weighted by Crippen LogP contribution is -2.09. The van der Waals surface area contributed by atoms with Crippen LogP contribution in [0.2, 0.25) is 0 Å². The highest BCUT2D eigenvalue weighted by molar-refractivity contribution is 8.00. The Kier molecular flexibility index (Phi) is 4.75. The van der Waals surface area contributed by atoms with Gasteiger partial charge in [0.25, 0.3) is 0 Å². The van der Waals surface area contributed by atoms with Crippen LogP contribution in [0.1, 0.15) is 40.1 Å². The number of aromatic carboxylic acids is 1. The molecule has 0 atom stereocenters. The molecule has 0 heterocycles. The number of hydrogen-bond donors (Lipinski definition) is 1. The Morgan fingerprint density at radius 2 is 2.00 bits per heavy atom. The first kappa shape index (κ1) is 13.8. The Morgan fingerprint density at radius 3 is 2.53 bits per heavy atom. The van der Waals surface area contributed by atoms with Gasteiger partial charge in [0.15, 0.2) is 5.78 Å². The van der Waals surface area contributed by atoms with Crippen LogP contribution in [0.15, 0.2) is 18.2 Å². The summed E-state index contributed by atoms with van der Waals surface area (Å²) >= 11 is 1.56. The van der Waals surface area contributed by atoms with E-state index in [1.165, 1.54) is 12.1 Å². The van der Waals surface area contributed by atoms with Gasteiger partial charge >= 0.3 is 5.97 Å². The first-order valence-electron chi connectivity index (χ1n) is 5.40. The van der Waals surface area contributed by atoms with Crippen LogP contribution in [-0.4, -0.2) is 27.9 Å². The molecule has 0 unspecified atom stereocenters. The van der Waals surface area contributed by atoms with Crippen LogP contribution in [0.25, 0.3) is 0 Å². The first-order valence-corrected chi connectivity index (χ1v) is 6.45. The fourth-order valence-corrected chi connectivity index (χ4v) is 2.02. The summed E-state index contributed by atoms with van der Waals surface area (Å²) in [5.74, 6) is -0.624. The molecule has 0 aliphatic carbocycles. The minimum Gasteiger partial charge on any atom is -0.478 e. The SMILES string of the molecule is Cc1ccc(C(=O)O)cc1C(=O)CSC(C)C. The Labute approximate surface area is 105 Å². The maximum atomic E-state index is 11.9. The van der Waals surface area contributed by atoms with Crippen molar-refractivity contribution in [3.63, 3.8) is 0 Å². The average molecular weight is 252 g/mol. The molecular formula is C13H16O3S. The monoisotopic (exact) mass is 252 g/mol. The molecule has 4 heteroatoms. The van der Waals surface area contributed by atoms with Gasteiger partial charge in [0.2, 0.25) is 0 Å². The van der Waals surface area contributed by atoms with E-state index in [4.69, 9.17) is 5.11 Å². The van der Waals surface area contributed by atoms with Crippen molar-refractivity contribution in [3.8, 4) is 0 Å². The summed E-state index contributed by atoms with van der Waals surface area (Å²) in [6.07, 6.45) is 0. The van der Waals surface area contributed by atoms with Crippen LogP contribution in [0.4, 0.5) is 0 Å². The second kappa shape index (κ2) is 5.87. The minimum atomic E-state index is -1.00. The van der Waals surface area contributed by atoms with E-state index in [2.05, 4.69) is 0 Å². The van der Waals surface area contributed by atoms with E-state index >= 15 is 0 Å². The van der Waals surface area contributed by atoms with Gasteiger partial charge in [-0.15, -0.1) is 0 Å². The van der Waals surface area contributed by atoms with Crippen LogP contribution in [0, 0.1) is 6.92 Å². The second-order valence-electron chi connectivity index (χ2n) is 4.12. The van der Waals surface area contributed by atoms with Gasteiger partial charge in [0.1, 0.15) is 0 Å². The summed E-state index contributed by atoms with van der Waals surface area (Å²) in [4.78, 5) is 22.8. The molecule has 92 valence electrons. The molecule has 0 aliphatic rings. The second-order valence-corrected chi connectivity index (χ2v) is 5.68. The van der Waals surface area contributed by atoms with Gasteiger partial charge < -0.3 is 5.11 Å². The number of carboxylic acid groups (broad SMARTS) is 1. The van der Waals surface area contributed by atoms with Crippen molar-refractivity contribution in [2.24, 2.45) is 0 Å². The number of thioether (sulfide) groups is 1. The normalized spacial score (nSPS) is 10.6. The minimum absolute atomic E-state index is 0.00991. The van der Waals surface area contributed by atoms with Gasteiger partial charge in [-0.3, -0.25) is 4.79 Å². The topological polar surface area (TPSA) is 54.4 Å². The molecule has 0 fully saturated rings. The average Bonchev–Trinajstić information content (AvgIpc) is 2.26. The predicted octanol–water partition coefficient (Wildman–Crippen LogP) is 3.02. The summed E-state index contributed by atoms with van der Waals surface area (Å²) in [5.41, 5.74) is 1.50. The Morgan fingerprint density at radius 1 is 1.35 bits per heavy atom. The lowest BCUT2D eigenvalue weighted by molar-refractivity contribution is 0.0697. The van der Waals surface area contributed by atoms with Crippen molar-refractivity contribution < 1.29 is 14.7 Å². The summed E-state index contributed by atoms with van der Waals surface area (Å²) in [6, 6.07) is 4.65. The maximum Gasteiger partial charge on any atom is 0.335 e. The number of benzene rings is 1. The van der Waals surface area contributed by atoms with E-state index in [-0.39, 0.29) is 11.3 Å². The molecule has 1 rings (SSSR count). The van der Waals surface area contributed by atoms with Crippen LogP contribution >= 0.6 is 11.8 Å². The Hall–Kier alpha value is -1.29. The fraction of sp³-hybridized carbons (Fsp3) is 0.385. The van der Waals surface area contributed by atoms with Crippen molar-refractivity contribution in [1.82, 2.24) is 0 Å². The zero-order valence-electron chi connectivity index (χ0n) is 10.2. The molecule has 0 amide bonds. The first-order chi connectivity index (χ1) is 7.91. The lowest BCUT2D eigenvalue weighted by atomic mass is 10.0. The third-order valence-electron chi connectivity index (χ3n) is 2.33. The molecule has 0 radical (unpaired) electrons. The van der Waals surface area contributed by atoms with Gasteiger partial charge in [0.05, 0.1) is 11.3 Å². The number of ketones is 1. The van der Waals surface area contributed by atoms with Gasteiger partial charge in [-0.1, -0.05) is 19.9 Å². The van der Waals surface area contributed by atoms with Gasteiger partial charge in [-0.05, 0) is 29.9 Å². The third kappa shape index (κ3) is 3.89. The highest BCUT2D eigenvalue weighted by Crippen LogP contribution is 2.16. The van der Waals surface area contributed by atoms with E-state index in [9.17, 15) is 9.59 Å². The summed E-state index contributed by atoms with van der Waals surface area (Å²) in [5, 5.41) is 9.27. The maximum absolute atomic E-state index is 11.9. The molecular weight excluding hydrogens is 236 g/mol. The number of hydrogen-bond acceptors (Lipinski definition) is 3. The summed E-state index contributed by atoms with van der Waals surface area (Å²) in [7, 11) is 0. The molecule has 3 nitrogen and oxygen atoms in total. The van der Waals surface area contributed by atoms with E-state index < -0.39 is 5.97 Å². The number of carboxylic acids is 1. The van der Waals surface area contributed by atoms with E-state index in [1.807, 2.05) is 20.8 Å². The largest absolute Gasteiger partial charge is 0.478 e. The standard InChI is InChI=1S/C13H16O3S/c1-8(2)17-7-12(14)11-6-10(13(15)16)5-4-9(11)3/h4-6,8H,7H2,1-3H3,(H,15,16). The highest BCUT2D eigenvalue weighted by atomic mass is 32.2. The van der Waals surface area contributed by atoms with Crippen LogP contribution in [0.5, 0.6) is 0 Å². The predicted molar refractivity (Wildman–Crippen MR) is 70.1 cm³/mol. The Bertz CT molecular complexity index is 438. The fourth-order valence-electron chi connectivity index (χ4n) is 1.38. The van der Waals surface area contributed by atoms with E-state index in [0.717, 1.165) is 5.56 Å². The highest BCUT2D eigenvalue weighted by Gasteiger charge is 2.13. The van der Waals surface area contributed by atoms with Gasteiger partial charge in [-0.2, -0.15) is 11.8 Å². The molecule has 0 saturated heterocycles. The molecule has 17 heavy (non-hydrogen) atoms. The number of Topliss-reactive ketones (excluding diaryl/α,β-unsaturated/α-hetero) is 1. The number of carbonyl (C=O) groups excluding carboxylic acids is 1. The Balaban J connectivity index is 2.92. The zero-order chi connectivity index (χ0) is 13.0. The summed E-state index contributed by atoms with van der Waals surface area (Å²) < 4.78 is 0. The van der Waals surface area contributed by atoms with Crippen molar-refractivity contribution in [2.75, 3.05) is 5.75 Å². The van der Waals surface area contributed by atoms with Crippen LogP contribution in [-0.2, 0) is 0 Å². The van der Waals surface area contributed by atoms with Gasteiger partial charge in [-0.25, -0.2) is 4.79 Å². The molecule has 0 saturated carbocycles. The van der Waals surface area contributed by atoms with Crippen molar-refractivity contribution in [1.29, 1.82) is 0 Å². The molecule has 0 aromatic heterocycles. The number of rotatable bonds is 5. The molecule has 1 N–H and O–H groups in total. The molecule has 1 aromatic rings. The van der Waals surface area contributed by atoms with Crippen LogP contribution < -0.4 is 0 Å². The number of aryl methyl sites for hydroxylation is 1. The number of carbonyl (C=O) groups is 2. The van der Waals surface area contributed by atoms with Crippen molar-refractivity contribution in [3.05, 3.63) is 34.9 Å². The third-order valence-corrected chi connectivity index (χ3v) is 3.43.